The molecule has 0 saturated heterocycles. The Balaban J connectivity index is 4.08. The molecule has 0 aliphatic rings. The van der Waals surface area contributed by atoms with E-state index in [9.17, 15) is 0 Å². The topological polar surface area (TPSA) is 27.7 Å². The van der Waals surface area contributed by atoms with Crippen molar-refractivity contribution in [1.82, 2.24) is 0 Å². The molecule has 0 aromatic heterocycles. The van der Waals surface area contributed by atoms with Crippen molar-refractivity contribution in [1.29, 1.82) is 0 Å². The minimum absolute atomic E-state index is 0.0655. The first kappa shape index (κ1) is 14.1. The van der Waals surface area contributed by atoms with Gasteiger partial charge in [-0.15, -0.1) is 0 Å². The third kappa shape index (κ3) is 4.08. The standard InChI is InChI=1S/C10H24O3Si/c1-5-6-7-8-9(11-2)10(14,12-3)13-4/h9H,5-8H2,1-4,14H3. The van der Waals surface area contributed by atoms with Gasteiger partial charge >= 0.3 is 0 Å². The summed E-state index contributed by atoms with van der Waals surface area (Å²) < 4.78 is 16.2. The molecular formula is C10H24O3Si. The summed E-state index contributed by atoms with van der Waals surface area (Å²) in [5.74, 6) is 0. The SMILES string of the molecule is CCCCCC(OC)C([SiH3])(OC)OC. The molecule has 0 rings (SSSR count). The Morgan fingerprint density at radius 1 is 1.14 bits per heavy atom. The van der Waals surface area contributed by atoms with E-state index in [1.165, 1.54) is 19.3 Å². The fourth-order valence-electron chi connectivity index (χ4n) is 1.52. The first-order valence-electron chi connectivity index (χ1n) is 5.27. The molecule has 1 unspecified atom stereocenters. The predicted molar refractivity (Wildman–Crippen MR) is 61.6 cm³/mol. The van der Waals surface area contributed by atoms with Crippen LogP contribution in [-0.2, 0) is 14.2 Å². The second-order valence-electron chi connectivity index (χ2n) is 3.64. The Morgan fingerprint density at radius 3 is 2.07 bits per heavy atom. The Morgan fingerprint density at radius 2 is 1.71 bits per heavy atom. The predicted octanol–water partition coefficient (Wildman–Crippen LogP) is 0.894. The summed E-state index contributed by atoms with van der Waals surface area (Å²) in [4.78, 5) is 0. The monoisotopic (exact) mass is 220 g/mol. The molecule has 0 saturated carbocycles. The van der Waals surface area contributed by atoms with Crippen LogP contribution in [0.5, 0.6) is 0 Å². The van der Waals surface area contributed by atoms with Gasteiger partial charge in [-0.2, -0.15) is 0 Å². The Hall–Kier alpha value is 0.0969. The number of hydrogen-bond acceptors (Lipinski definition) is 3. The fraction of sp³-hybridized carbons (Fsp3) is 1.00. The summed E-state index contributed by atoms with van der Waals surface area (Å²) in [7, 11) is 5.90. The quantitative estimate of drug-likeness (QED) is 0.345. The lowest BCUT2D eigenvalue weighted by Gasteiger charge is -2.34. The number of hydrogen-bond donors (Lipinski definition) is 0. The lowest BCUT2D eigenvalue weighted by Crippen LogP contribution is -2.47. The van der Waals surface area contributed by atoms with Crippen molar-refractivity contribution in [2.75, 3.05) is 21.3 Å². The number of ether oxygens (including phenoxy) is 3. The summed E-state index contributed by atoms with van der Waals surface area (Å²) in [6.45, 7) is 2.20. The molecule has 0 amide bonds. The van der Waals surface area contributed by atoms with Crippen LogP contribution in [0.2, 0.25) is 0 Å². The molecule has 0 aliphatic heterocycles. The van der Waals surface area contributed by atoms with Crippen LogP contribution >= 0.6 is 0 Å². The van der Waals surface area contributed by atoms with E-state index in [2.05, 4.69) is 6.92 Å². The maximum Gasteiger partial charge on any atom is 0.165 e. The third-order valence-electron chi connectivity index (χ3n) is 2.75. The molecule has 3 nitrogen and oxygen atoms in total. The van der Waals surface area contributed by atoms with Gasteiger partial charge in [0.1, 0.15) is 6.10 Å². The van der Waals surface area contributed by atoms with Crippen molar-refractivity contribution in [3.05, 3.63) is 0 Å². The van der Waals surface area contributed by atoms with Crippen molar-refractivity contribution in [2.24, 2.45) is 0 Å². The highest BCUT2D eigenvalue weighted by Gasteiger charge is 2.33. The summed E-state index contributed by atoms with van der Waals surface area (Å²) in [6, 6.07) is 0. The Kier molecular flexibility index (Phi) is 7.45. The maximum absolute atomic E-state index is 5.43. The van der Waals surface area contributed by atoms with Crippen LogP contribution in [0.1, 0.15) is 32.6 Å². The van der Waals surface area contributed by atoms with Crippen molar-refractivity contribution in [2.45, 2.75) is 44.1 Å². The molecule has 0 spiro atoms. The van der Waals surface area contributed by atoms with E-state index in [0.29, 0.717) is 0 Å². The number of unbranched alkanes of at least 4 members (excludes halogenated alkanes) is 2. The van der Waals surface area contributed by atoms with Gasteiger partial charge in [0.15, 0.2) is 5.41 Å². The molecule has 0 bridgehead atoms. The molecular weight excluding hydrogens is 196 g/mol. The van der Waals surface area contributed by atoms with Crippen LogP contribution in [0.15, 0.2) is 0 Å². The van der Waals surface area contributed by atoms with E-state index < -0.39 is 5.41 Å². The third-order valence-corrected chi connectivity index (χ3v) is 4.21. The average molecular weight is 220 g/mol. The molecule has 14 heavy (non-hydrogen) atoms. The van der Waals surface area contributed by atoms with Gasteiger partial charge in [0, 0.05) is 21.3 Å². The smallest absolute Gasteiger partial charge is 0.165 e. The van der Waals surface area contributed by atoms with Crippen molar-refractivity contribution in [3.63, 3.8) is 0 Å². The minimum Gasteiger partial charge on any atom is -0.376 e. The van der Waals surface area contributed by atoms with Crippen molar-refractivity contribution >= 4 is 10.2 Å². The van der Waals surface area contributed by atoms with Gasteiger partial charge in [-0.25, -0.2) is 0 Å². The lowest BCUT2D eigenvalue weighted by molar-refractivity contribution is -0.209. The van der Waals surface area contributed by atoms with Gasteiger partial charge in [-0.05, 0) is 6.42 Å². The van der Waals surface area contributed by atoms with Gasteiger partial charge in [0.05, 0.1) is 10.2 Å². The van der Waals surface area contributed by atoms with E-state index >= 15 is 0 Å². The zero-order valence-corrected chi connectivity index (χ0v) is 12.1. The normalized spacial score (nSPS) is 14.6. The molecule has 4 heteroatoms. The van der Waals surface area contributed by atoms with E-state index in [-0.39, 0.29) is 6.10 Å². The summed E-state index contributed by atoms with van der Waals surface area (Å²) in [6.07, 6.45) is 4.71. The van der Waals surface area contributed by atoms with E-state index in [0.717, 1.165) is 16.7 Å². The van der Waals surface area contributed by atoms with Crippen LogP contribution in [0, 0.1) is 0 Å². The molecule has 1 atom stereocenters. The highest BCUT2D eigenvalue weighted by atomic mass is 28.1. The van der Waals surface area contributed by atoms with Gasteiger partial charge in [-0.1, -0.05) is 26.2 Å². The van der Waals surface area contributed by atoms with Gasteiger partial charge < -0.3 is 14.2 Å². The Labute approximate surface area is 90.5 Å². The minimum atomic E-state index is -0.484. The van der Waals surface area contributed by atoms with E-state index in [1.54, 1.807) is 21.3 Å². The average Bonchev–Trinajstić information content (AvgIpc) is 2.23. The van der Waals surface area contributed by atoms with Crippen LogP contribution in [0.25, 0.3) is 0 Å². The molecule has 0 aromatic rings. The molecule has 0 aromatic carbocycles. The molecule has 0 radical (unpaired) electrons. The molecule has 0 fully saturated rings. The second-order valence-corrected chi connectivity index (χ2v) is 5.04. The first-order valence-corrected chi connectivity index (χ1v) is 6.27. The second kappa shape index (κ2) is 7.40. The van der Waals surface area contributed by atoms with Crippen LogP contribution in [0.3, 0.4) is 0 Å². The lowest BCUT2D eigenvalue weighted by atomic mass is 10.1. The van der Waals surface area contributed by atoms with Crippen LogP contribution in [0.4, 0.5) is 0 Å². The molecule has 0 N–H and O–H groups in total. The zero-order chi connectivity index (χ0) is 11.0. The fourth-order valence-corrected chi connectivity index (χ4v) is 2.04. The van der Waals surface area contributed by atoms with Gasteiger partial charge in [0.25, 0.3) is 0 Å². The molecule has 0 aliphatic carbocycles. The molecule has 0 heterocycles. The highest BCUT2D eigenvalue weighted by molar-refractivity contribution is 6.13. The summed E-state index contributed by atoms with van der Waals surface area (Å²) >= 11 is 0. The van der Waals surface area contributed by atoms with Crippen LogP contribution < -0.4 is 0 Å². The zero-order valence-electron chi connectivity index (χ0n) is 10.1. The van der Waals surface area contributed by atoms with Gasteiger partial charge in [-0.3, -0.25) is 0 Å². The number of methoxy groups -OCH3 is 3. The molecule has 86 valence electrons. The van der Waals surface area contributed by atoms with Crippen molar-refractivity contribution in [3.8, 4) is 0 Å². The number of rotatable bonds is 8. The summed E-state index contributed by atoms with van der Waals surface area (Å²) in [5, 5.41) is 0. The Bertz CT molecular complexity index is 137. The van der Waals surface area contributed by atoms with E-state index in [1.807, 2.05) is 0 Å². The van der Waals surface area contributed by atoms with E-state index in [4.69, 9.17) is 14.2 Å². The van der Waals surface area contributed by atoms with Crippen LogP contribution in [-0.4, -0.2) is 43.1 Å². The summed E-state index contributed by atoms with van der Waals surface area (Å²) in [5.41, 5.74) is -0.484. The largest absolute Gasteiger partial charge is 0.376 e. The first-order chi connectivity index (χ1) is 6.64. The van der Waals surface area contributed by atoms with Crippen molar-refractivity contribution < 1.29 is 14.2 Å². The maximum atomic E-state index is 5.43. The highest BCUT2D eigenvalue weighted by Crippen LogP contribution is 2.20. The van der Waals surface area contributed by atoms with Gasteiger partial charge in [0.2, 0.25) is 0 Å².